The van der Waals surface area contributed by atoms with Crippen molar-refractivity contribution < 1.29 is 4.74 Å². The highest BCUT2D eigenvalue weighted by molar-refractivity contribution is 7.19. The van der Waals surface area contributed by atoms with Crippen LogP contribution in [0.1, 0.15) is 10.6 Å². The molecular formula is C21H17NOS2. The predicted octanol–water partition coefficient (Wildman–Crippen LogP) is 6.14. The van der Waals surface area contributed by atoms with E-state index in [0.29, 0.717) is 0 Å². The summed E-state index contributed by atoms with van der Waals surface area (Å²) in [7, 11) is 1.71. The Morgan fingerprint density at radius 3 is 2.48 bits per heavy atom. The SMILES string of the molecule is COc1ccccc1Cc1nc(-c2ccc(-c3ccccc3)s2)cs1. The molecule has 2 aromatic heterocycles. The quantitative estimate of drug-likeness (QED) is 0.425. The van der Waals surface area contributed by atoms with E-state index in [1.165, 1.54) is 20.9 Å². The summed E-state index contributed by atoms with van der Waals surface area (Å²) >= 11 is 3.49. The van der Waals surface area contributed by atoms with Crippen molar-refractivity contribution in [2.45, 2.75) is 6.42 Å². The van der Waals surface area contributed by atoms with E-state index in [-0.39, 0.29) is 0 Å². The fourth-order valence-corrected chi connectivity index (χ4v) is 4.61. The number of methoxy groups -OCH3 is 1. The van der Waals surface area contributed by atoms with Gasteiger partial charge < -0.3 is 4.74 Å². The number of thiazole rings is 1. The van der Waals surface area contributed by atoms with Gasteiger partial charge in [-0.2, -0.15) is 0 Å². The van der Waals surface area contributed by atoms with Gasteiger partial charge in [-0.3, -0.25) is 0 Å². The Hall–Kier alpha value is -2.43. The van der Waals surface area contributed by atoms with Gasteiger partial charge in [-0.05, 0) is 23.8 Å². The van der Waals surface area contributed by atoms with Crippen LogP contribution in [0, 0.1) is 0 Å². The first-order valence-corrected chi connectivity index (χ1v) is 9.75. The fraction of sp³-hybridized carbons (Fsp3) is 0.0952. The molecule has 4 heteroatoms. The van der Waals surface area contributed by atoms with Crippen molar-refractivity contribution in [3.8, 4) is 26.8 Å². The summed E-state index contributed by atoms with van der Waals surface area (Å²) in [6, 6.07) is 22.9. The highest BCUT2D eigenvalue weighted by Crippen LogP contribution is 2.35. The van der Waals surface area contributed by atoms with Crippen molar-refractivity contribution in [2.75, 3.05) is 7.11 Å². The van der Waals surface area contributed by atoms with Gasteiger partial charge in [-0.25, -0.2) is 4.98 Å². The number of benzene rings is 2. The molecule has 0 radical (unpaired) electrons. The molecule has 0 saturated heterocycles. The summed E-state index contributed by atoms with van der Waals surface area (Å²) in [5.41, 5.74) is 3.48. The van der Waals surface area contributed by atoms with Crippen molar-refractivity contribution in [3.05, 3.63) is 82.7 Å². The largest absolute Gasteiger partial charge is 0.496 e. The molecule has 4 aromatic rings. The van der Waals surface area contributed by atoms with Gasteiger partial charge in [0, 0.05) is 22.2 Å². The van der Waals surface area contributed by atoms with Gasteiger partial charge in [0.2, 0.25) is 0 Å². The van der Waals surface area contributed by atoms with E-state index in [4.69, 9.17) is 9.72 Å². The van der Waals surface area contributed by atoms with E-state index >= 15 is 0 Å². The molecule has 0 spiro atoms. The van der Waals surface area contributed by atoms with Gasteiger partial charge in [-0.15, -0.1) is 22.7 Å². The molecule has 0 atom stereocenters. The summed E-state index contributed by atoms with van der Waals surface area (Å²) in [5.74, 6) is 0.918. The van der Waals surface area contributed by atoms with Gasteiger partial charge in [-0.1, -0.05) is 48.5 Å². The highest BCUT2D eigenvalue weighted by atomic mass is 32.1. The fourth-order valence-electron chi connectivity index (χ4n) is 2.75. The molecule has 0 unspecified atom stereocenters. The minimum Gasteiger partial charge on any atom is -0.496 e. The van der Waals surface area contributed by atoms with Crippen molar-refractivity contribution >= 4 is 22.7 Å². The van der Waals surface area contributed by atoms with Crippen LogP contribution < -0.4 is 4.74 Å². The van der Waals surface area contributed by atoms with Crippen molar-refractivity contribution in [1.29, 1.82) is 0 Å². The zero-order valence-corrected chi connectivity index (χ0v) is 15.4. The standard InChI is InChI=1S/C21H17NOS2/c1-23-18-10-6-5-9-16(18)13-21-22-17(14-24-21)20-12-11-19(25-20)15-7-3-2-4-8-15/h2-12,14H,13H2,1H3. The number of aromatic nitrogens is 1. The monoisotopic (exact) mass is 363 g/mol. The topological polar surface area (TPSA) is 22.1 Å². The molecule has 2 aromatic carbocycles. The maximum absolute atomic E-state index is 5.44. The van der Waals surface area contributed by atoms with E-state index in [1.54, 1.807) is 29.8 Å². The lowest BCUT2D eigenvalue weighted by molar-refractivity contribution is 0.410. The molecule has 0 amide bonds. The van der Waals surface area contributed by atoms with Crippen LogP contribution in [0.4, 0.5) is 0 Å². The number of thiophene rings is 1. The first kappa shape index (κ1) is 16.1. The Labute approximate surface area is 155 Å². The normalized spacial score (nSPS) is 10.8. The second-order valence-electron chi connectivity index (χ2n) is 5.65. The third kappa shape index (κ3) is 3.50. The third-order valence-corrected chi connectivity index (χ3v) is 6.01. The van der Waals surface area contributed by atoms with Crippen LogP contribution in [-0.4, -0.2) is 12.1 Å². The third-order valence-electron chi connectivity index (χ3n) is 4.00. The molecule has 124 valence electrons. The number of ether oxygens (including phenoxy) is 1. The van der Waals surface area contributed by atoms with Gasteiger partial charge >= 0.3 is 0 Å². The molecule has 2 nitrogen and oxygen atoms in total. The minimum absolute atomic E-state index is 0.797. The maximum Gasteiger partial charge on any atom is 0.122 e. The summed E-state index contributed by atoms with van der Waals surface area (Å²) in [6.45, 7) is 0. The number of hydrogen-bond acceptors (Lipinski definition) is 4. The molecule has 0 aliphatic rings. The molecule has 2 heterocycles. The lowest BCUT2D eigenvalue weighted by atomic mass is 10.1. The second kappa shape index (κ2) is 7.21. The first-order valence-electron chi connectivity index (χ1n) is 8.05. The van der Waals surface area contributed by atoms with Crippen LogP contribution >= 0.6 is 22.7 Å². The maximum atomic E-state index is 5.44. The van der Waals surface area contributed by atoms with Crippen LogP contribution in [-0.2, 0) is 6.42 Å². The predicted molar refractivity (Wildman–Crippen MR) is 107 cm³/mol. The lowest BCUT2D eigenvalue weighted by Gasteiger charge is -2.05. The average Bonchev–Trinajstić information content (AvgIpc) is 3.32. The molecule has 4 rings (SSSR count). The van der Waals surface area contributed by atoms with Gasteiger partial charge in [0.1, 0.15) is 5.75 Å². The summed E-state index contributed by atoms with van der Waals surface area (Å²) in [4.78, 5) is 7.31. The number of nitrogens with zero attached hydrogens (tertiary/aromatic N) is 1. The highest BCUT2D eigenvalue weighted by Gasteiger charge is 2.11. The molecule has 0 saturated carbocycles. The van der Waals surface area contributed by atoms with Crippen molar-refractivity contribution in [1.82, 2.24) is 4.98 Å². The summed E-state index contributed by atoms with van der Waals surface area (Å²) in [6.07, 6.45) is 0.797. The van der Waals surface area contributed by atoms with E-state index < -0.39 is 0 Å². The number of rotatable bonds is 5. The van der Waals surface area contributed by atoms with Crippen LogP contribution in [0.25, 0.3) is 21.0 Å². The van der Waals surface area contributed by atoms with Gasteiger partial charge in [0.05, 0.1) is 22.7 Å². The molecule has 0 fully saturated rings. The molecular weight excluding hydrogens is 346 g/mol. The van der Waals surface area contributed by atoms with Crippen LogP contribution in [0.3, 0.4) is 0 Å². The number of para-hydroxylation sites is 1. The summed E-state index contributed by atoms with van der Waals surface area (Å²) in [5, 5.41) is 3.25. The first-order chi connectivity index (χ1) is 12.3. The zero-order chi connectivity index (χ0) is 17.1. The number of hydrogen-bond donors (Lipinski definition) is 0. The van der Waals surface area contributed by atoms with E-state index in [9.17, 15) is 0 Å². The van der Waals surface area contributed by atoms with E-state index in [2.05, 4.69) is 47.8 Å². The molecule has 0 aliphatic heterocycles. The van der Waals surface area contributed by atoms with Crippen LogP contribution in [0.5, 0.6) is 5.75 Å². The Kier molecular flexibility index (Phi) is 4.63. The molecule has 0 N–H and O–H groups in total. The molecule has 25 heavy (non-hydrogen) atoms. The van der Waals surface area contributed by atoms with Gasteiger partial charge in [0.15, 0.2) is 0 Å². The van der Waals surface area contributed by atoms with Crippen LogP contribution in [0.15, 0.2) is 72.1 Å². The van der Waals surface area contributed by atoms with E-state index in [0.717, 1.165) is 22.9 Å². The van der Waals surface area contributed by atoms with Crippen LogP contribution in [0.2, 0.25) is 0 Å². The minimum atomic E-state index is 0.797. The average molecular weight is 364 g/mol. The lowest BCUT2D eigenvalue weighted by Crippen LogP contribution is -1.92. The van der Waals surface area contributed by atoms with E-state index in [1.807, 2.05) is 24.3 Å². The molecule has 0 bridgehead atoms. The second-order valence-corrected chi connectivity index (χ2v) is 7.67. The zero-order valence-electron chi connectivity index (χ0n) is 13.8. The summed E-state index contributed by atoms with van der Waals surface area (Å²) < 4.78 is 5.44. The van der Waals surface area contributed by atoms with Gasteiger partial charge in [0.25, 0.3) is 0 Å². The van der Waals surface area contributed by atoms with Crippen molar-refractivity contribution in [2.24, 2.45) is 0 Å². The Balaban J connectivity index is 1.57. The smallest absolute Gasteiger partial charge is 0.122 e. The Morgan fingerprint density at radius 1 is 0.880 bits per heavy atom. The Morgan fingerprint density at radius 2 is 1.64 bits per heavy atom. The Bertz CT molecular complexity index is 972. The van der Waals surface area contributed by atoms with Crippen molar-refractivity contribution in [3.63, 3.8) is 0 Å². The molecule has 0 aliphatic carbocycles.